The number of sulfone groups is 1. The van der Waals surface area contributed by atoms with Crippen LogP contribution in [-0.4, -0.2) is 29.2 Å². The van der Waals surface area contributed by atoms with Gasteiger partial charge < -0.3 is 13.7 Å². The molecule has 4 rings (SSSR count). The Kier molecular flexibility index (Phi) is 8.84. The van der Waals surface area contributed by atoms with Crippen LogP contribution in [0.2, 0.25) is 5.02 Å². The van der Waals surface area contributed by atoms with Crippen molar-refractivity contribution >= 4 is 33.6 Å². The summed E-state index contributed by atoms with van der Waals surface area (Å²) in [4.78, 5) is 8.63. The molecular formula is C28H30ClN3O4S. The molecule has 0 bridgehead atoms. The van der Waals surface area contributed by atoms with Gasteiger partial charge in [0.1, 0.15) is 35.9 Å². The first-order chi connectivity index (χ1) is 17.7. The lowest BCUT2D eigenvalue weighted by Crippen LogP contribution is -2.09. The van der Waals surface area contributed by atoms with Crippen molar-refractivity contribution in [3.8, 4) is 5.75 Å². The van der Waals surface area contributed by atoms with Gasteiger partial charge in [-0.15, -0.1) is 0 Å². The highest BCUT2D eigenvalue weighted by Gasteiger charge is 2.10. The van der Waals surface area contributed by atoms with Gasteiger partial charge in [-0.25, -0.2) is 18.4 Å². The van der Waals surface area contributed by atoms with Crippen molar-refractivity contribution in [2.75, 3.05) is 6.26 Å². The van der Waals surface area contributed by atoms with Gasteiger partial charge in [0.25, 0.3) is 0 Å². The zero-order valence-electron chi connectivity index (χ0n) is 20.9. The second kappa shape index (κ2) is 12.3. The standard InChI is InChI=1S/C28H30ClN3O4S/c1-21-17-24(29)10-8-23(21)9-13-28-31-25(19-36-28)18-35-26-11-6-22(7-12-26)5-3-4-15-32-16-14-30-27(32)20-37(2,33)34/h6-14,16-17,19H,3-5,15,18,20H2,1-2H3/b13-9+. The second-order valence-electron chi connectivity index (χ2n) is 9.01. The third-order valence-electron chi connectivity index (χ3n) is 5.82. The highest BCUT2D eigenvalue weighted by molar-refractivity contribution is 7.89. The van der Waals surface area contributed by atoms with Crippen LogP contribution in [0.15, 0.2) is 65.5 Å². The van der Waals surface area contributed by atoms with Gasteiger partial charge in [-0.05, 0) is 73.2 Å². The summed E-state index contributed by atoms with van der Waals surface area (Å²) in [5.41, 5.74) is 4.07. The number of ether oxygens (including phenoxy) is 1. The first-order valence-electron chi connectivity index (χ1n) is 12.0. The van der Waals surface area contributed by atoms with Gasteiger partial charge in [0.15, 0.2) is 9.84 Å². The number of hydrogen-bond donors (Lipinski definition) is 0. The SMILES string of the molecule is Cc1cc(Cl)ccc1/C=C/c1nc(COc2ccc(CCCCn3ccnc3CS(C)(=O)=O)cc2)co1. The summed E-state index contributed by atoms with van der Waals surface area (Å²) in [7, 11) is -3.10. The summed E-state index contributed by atoms with van der Waals surface area (Å²) in [5, 5.41) is 0.714. The fraction of sp³-hybridized carbons (Fsp3) is 0.286. The fourth-order valence-electron chi connectivity index (χ4n) is 3.89. The fourth-order valence-corrected chi connectivity index (χ4v) is 4.83. The number of rotatable bonds is 12. The van der Waals surface area contributed by atoms with E-state index in [2.05, 4.69) is 22.1 Å². The van der Waals surface area contributed by atoms with Gasteiger partial charge in [-0.3, -0.25) is 0 Å². The van der Waals surface area contributed by atoms with Crippen molar-refractivity contribution in [3.05, 3.63) is 100 Å². The van der Waals surface area contributed by atoms with Gasteiger partial charge in [-0.1, -0.05) is 29.8 Å². The normalized spacial score (nSPS) is 11.9. The summed E-state index contributed by atoms with van der Waals surface area (Å²) < 4.78 is 36.4. The maximum Gasteiger partial charge on any atom is 0.218 e. The van der Waals surface area contributed by atoms with Gasteiger partial charge in [0, 0.05) is 36.3 Å². The van der Waals surface area contributed by atoms with Crippen molar-refractivity contribution < 1.29 is 17.6 Å². The number of oxazole rings is 1. The van der Waals surface area contributed by atoms with Gasteiger partial charge in [0.05, 0.1) is 0 Å². The molecular weight excluding hydrogens is 510 g/mol. The average Bonchev–Trinajstić information content (AvgIpc) is 3.49. The molecule has 0 fully saturated rings. The first-order valence-corrected chi connectivity index (χ1v) is 14.5. The quantitative estimate of drug-likeness (QED) is 0.201. The Morgan fingerprint density at radius 1 is 1.11 bits per heavy atom. The molecule has 4 aromatic rings. The van der Waals surface area contributed by atoms with E-state index in [1.165, 1.54) is 11.8 Å². The highest BCUT2D eigenvalue weighted by Crippen LogP contribution is 2.19. The van der Waals surface area contributed by atoms with Crippen LogP contribution in [0.5, 0.6) is 5.75 Å². The zero-order valence-corrected chi connectivity index (χ0v) is 22.5. The molecule has 9 heteroatoms. The Balaban J connectivity index is 1.20. The molecule has 2 heterocycles. The predicted octanol–water partition coefficient (Wildman–Crippen LogP) is 6.15. The number of aryl methyl sites for hydroxylation is 3. The van der Waals surface area contributed by atoms with Gasteiger partial charge >= 0.3 is 0 Å². The van der Waals surface area contributed by atoms with Crippen LogP contribution in [-0.2, 0) is 35.2 Å². The highest BCUT2D eigenvalue weighted by atomic mass is 35.5. The third-order valence-corrected chi connectivity index (χ3v) is 6.84. The molecule has 0 aliphatic carbocycles. The Morgan fingerprint density at radius 2 is 1.92 bits per heavy atom. The number of hydrogen-bond acceptors (Lipinski definition) is 6. The average molecular weight is 540 g/mol. The van der Waals surface area contributed by atoms with Gasteiger partial charge in [0.2, 0.25) is 5.89 Å². The second-order valence-corrected chi connectivity index (χ2v) is 11.6. The lowest BCUT2D eigenvalue weighted by Gasteiger charge is -2.08. The number of unbranched alkanes of at least 4 members (excludes halogenated alkanes) is 1. The van der Waals surface area contributed by atoms with Crippen LogP contribution in [0, 0.1) is 6.92 Å². The van der Waals surface area contributed by atoms with Crippen LogP contribution in [0.4, 0.5) is 0 Å². The molecule has 0 spiro atoms. The van der Waals surface area contributed by atoms with Crippen LogP contribution in [0.25, 0.3) is 12.2 Å². The Bertz CT molecular complexity index is 1460. The summed E-state index contributed by atoms with van der Waals surface area (Å²) in [6.45, 7) is 3.07. The summed E-state index contributed by atoms with van der Waals surface area (Å²) >= 11 is 6.01. The molecule has 2 aromatic heterocycles. The number of aromatic nitrogens is 3. The number of halogens is 1. The molecule has 0 radical (unpaired) electrons. The van der Waals surface area contributed by atoms with Crippen LogP contribution < -0.4 is 4.74 Å². The molecule has 2 aromatic carbocycles. The van der Waals surface area contributed by atoms with E-state index in [0.717, 1.165) is 42.7 Å². The topological polar surface area (TPSA) is 87.2 Å². The minimum atomic E-state index is -3.10. The Morgan fingerprint density at radius 3 is 2.68 bits per heavy atom. The van der Waals surface area contributed by atoms with Crippen molar-refractivity contribution in [2.24, 2.45) is 0 Å². The zero-order chi connectivity index (χ0) is 26.3. The third kappa shape index (κ3) is 8.33. The van der Waals surface area contributed by atoms with Crippen molar-refractivity contribution in [3.63, 3.8) is 0 Å². The van der Waals surface area contributed by atoms with Crippen LogP contribution >= 0.6 is 11.6 Å². The summed E-state index contributed by atoms with van der Waals surface area (Å²) in [6, 6.07) is 13.8. The predicted molar refractivity (Wildman–Crippen MR) is 146 cm³/mol. The number of imidazole rings is 1. The minimum Gasteiger partial charge on any atom is -0.487 e. The molecule has 0 aliphatic rings. The van der Waals surface area contributed by atoms with E-state index in [-0.39, 0.29) is 5.75 Å². The molecule has 0 amide bonds. The number of benzene rings is 2. The van der Waals surface area contributed by atoms with Crippen molar-refractivity contribution in [1.29, 1.82) is 0 Å². The molecule has 7 nitrogen and oxygen atoms in total. The van der Waals surface area contributed by atoms with Crippen LogP contribution in [0.3, 0.4) is 0 Å². The lowest BCUT2D eigenvalue weighted by atomic mass is 10.1. The smallest absolute Gasteiger partial charge is 0.218 e. The van der Waals surface area contributed by atoms with E-state index < -0.39 is 9.84 Å². The molecule has 194 valence electrons. The van der Waals surface area contributed by atoms with E-state index in [9.17, 15) is 8.42 Å². The molecule has 0 unspecified atom stereocenters. The summed E-state index contributed by atoms with van der Waals surface area (Å²) in [5.74, 6) is 1.85. The van der Waals surface area contributed by atoms with E-state index in [1.54, 1.807) is 12.5 Å². The largest absolute Gasteiger partial charge is 0.487 e. The Labute approximate surface area is 222 Å². The maximum absolute atomic E-state index is 11.5. The minimum absolute atomic E-state index is 0.0308. The monoisotopic (exact) mass is 539 g/mol. The van der Waals surface area contributed by atoms with E-state index in [0.29, 0.717) is 29.0 Å². The Hall–Kier alpha value is -3.36. The van der Waals surface area contributed by atoms with E-state index >= 15 is 0 Å². The molecule has 0 N–H and O–H groups in total. The lowest BCUT2D eigenvalue weighted by molar-refractivity contribution is 0.301. The van der Waals surface area contributed by atoms with Crippen LogP contribution in [0.1, 0.15) is 46.9 Å². The molecule has 0 saturated carbocycles. The molecule has 37 heavy (non-hydrogen) atoms. The number of nitrogens with zero attached hydrogens (tertiary/aromatic N) is 3. The molecule has 0 aliphatic heterocycles. The van der Waals surface area contributed by atoms with Crippen molar-refractivity contribution in [1.82, 2.24) is 14.5 Å². The maximum atomic E-state index is 11.5. The van der Waals surface area contributed by atoms with E-state index in [4.69, 9.17) is 20.8 Å². The molecule has 0 atom stereocenters. The summed E-state index contributed by atoms with van der Waals surface area (Å²) in [6.07, 6.45) is 12.9. The van der Waals surface area contributed by atoms with Gasteiger partial charge in [-0.2, -0.15) is 0 Å². The molecule has 0 saturated heterocycles. The van der Waals surface area contributed by atoms with E-state index in [1.807, 2.05) is 60.2 Å². The first kappa shape index (κ1) is 26.7. The van der Waals surface area contributed by atoms with Crippen molar-refractivity contribution in [2.45, 2.75) is 45.1 Å².